The fourth-order valence-corrected chi connectivity index (χ4v) is 5.38. The van der Waals surface area contributed by atoms with Crippen LogP contribution in [-0.2, 0) is 0 Å². The van der Waals surface area contributed by atoms with Crippen LogP contribution in [0.15, 0.2) is 53.7 Å². The summed E-state index contributed by atoms with van der Waals surface area (Å²) in [5.41, 5.74) is -0.933. The molecule has 0 saturated carbocycles. The van der Waals surface area contributed by atoms with Crippen molar-refractivity contribution in [3.05, 3.63) is 59.7 Å². The molecule has 0 unspecified atom stereocenters. The van der Waals surface area contributed by atoms with E-state index >= 15 is 0 Å². The van der Waals surface area contributed by atoms with Crippen LogP contribution >= 0.6 is 0 Å². The average molecular weight is 1150 g/mol. The fraction of sp³-hybridized carbons (Fsp3) is 0.629. The topological polar surface area (TPSA) is 51.1 Å². The van der Waals surface area contributed by atoms with Crippen molar-refractivity contribution in [2.75, 3.05) is 13.2 Å². The zero-order valence-electron chi connectivity index (χ0n) is 33.9. The Morgan fingerprint density at radius 2 is 0.521 bits per heavy atom. The molecule has 2 rings (SSSR count). The molecule has 0 aliphatic heterocycles. The van der Waals surface area contributed by atoms with Gasteiger partial charge in [-0.1, -0.05) is 5.16 Å². The Bertz CT molecular complexity index is 2060. The van der Waals surface area contributed by atoms with E-state index in [0.29, 0.717) is 0 Å². The molecular weight excluding hydrogens is 1130 g/mol. The second-order valence-electron chi connectivity index (χ2n) is 14.7. The second kappa shape index (κ2) is 19.4. The quantitative estimate of drug-likeness (QED) is 0.0375. The third kappa shape index (κ3) is 10.2. The van der Waals surface area contributed by atoms with Crippen molar-refractivity contribution >= 4 is 5.71 Å². The molecule has 0 aliphatic rings. The number of rotatable bonds is 24. The molecule has 422 valence electrons. The SMILES string of the molecule is ON=C(c1ccc(OCCCC(F)(F)C(F)(F)C(F)(F)C(F)(F)C(F)(F)C(F)(F)C(F)(F)C(F)(F)F)cc1)c1ccc(OCCCC(F)(F)C(F)(F)C(F)(F)C(F)(F)C(F)(F)C(F)(F)C(F)(F)C(F)(F)F)cc1. The molecule has 0 aromatic heterocycles. The summed E-state index contributed by atoms with van der Waals surface area (Å²) in [5.74, 6) is -116. The summed E-state index contributed by atoms with van der Waals surface area (Å²) in [5, 5.41) is 12.3. The molecule has 73 heavy (non-hydrogen) atoms. The van der Waals surface area contributed by atoms with Gasteiger partial charge in [0.05, 0.1) is 13.2 Å². The van der Waals surface area contributed by atoms with Crippen LogP contribution in [0.4, 0.5) is 149 Å². The highest BCUT2D eigenvalue weighted by Gasteiger charge is 2.97. The molecule has 2 aromatic rings. The molecule has 0 heterocycles. The Balaban J connectivity index is 2.12. The first kappa shape index (κ1) is 64.2. The third-order valence-electron chi connectivity index (χ3n) is 9.74. The van der Waals surface area contributed by atoms with E-state index in [9.17, 15) is 154 Å². The summed E-state index contributed by atoms with van der Waals surface area (Å²) in [6, 6.07) is 6.72. The number of benzene rings is 2. The smallest absolute Gasteiger partial charge is 0.460 e. The minimum atomic E-state index is -8.81. The molecule has 0 spiro atoms. The van der Waals surface area contributed by atoms with E-state index in [1.807, 2.05) is 0 Å². The van der Waals surface area contributed by atoms with Crippen LogP contribution in [0, 0.1) is 0 Å². The van der Waals surface area contributed by atoms with E-state index < -0.39 is 151 Å². The second-order valence-corrected chi connectivity index (χ2v) is 14.7. The number of oxime groups is 1. The lowest BCUT2D eigenvalue weighted by Crippen LogP contribution is -2.74. The maximum atomic E-state index is 14.2. The van der Waals surface area contributed by atoms with Gasteiger partial charge >= 0.3 is 95.3 Å². The molecule has 1 N–H and O–H groups in total. The Kier molecular flexibility index (Phi) is 17.0. The standard InChI is InChI=1S/C35H21F34NO3/c36-20(37,22(40,41)24(44,45)26(48,49)28(52,53)30(56,57)32(60,61)34(64,65)66)11-1-13-72-17-7-3-15(4-8-17)19(70-71)16-5-9-18(10-6-16)73-14-2-12-21(38,39)23(42,43)25(46,47)27(50,51)29(54,55)31(58,59)33(62,63)35(67,68)69/h3-10,71H,1-2,11-14H2. The van der Waals surface area contributed by atoms with E-state index in [1.54, 1.807) is 0 Å². The predicted molar refractivity (Wildman–Crippen MR) is 171 cm³/mol. The van der Waals surface area contributed by atoms with Gasteiger partial charge in [0.25, 0.3) is 0 Å². The average Bonchev–Trinajstić information content (AvgIpc) is 3.23. The zero-order chi connectivity index (χ0) is 57.9. The molecule has 38 heteroatoms. The van der Waals surface area contributed by atoms with E-state index in [-0.39, 0.29) is 11.1 Å². The van der Waals surface area contributed by atoms with Gasteiger partial charge in [-0.05, 0) is 61.4 Å². The highest BCUT2D eigenvalue weighted by molar-refractivity contribution is 6.12. The van der Waals surface area contributed by atoms with Crippen LogP contribution in [-0.4, -0.2) is 119 Å². The Morgan fingerprint density at radius 1 is 0.315 bits per heavy atom. The molecule has 0 fully saturated rings. The number of hydrogen-bond donors (Lipinski definition) is 1. The van der Waals surface area contributed by atoms with Crippen molar-refractivity contribution in [1.29, 1.82) is 0 Å². The summed E-state index contributed by atoms with van der Waals surface area (Å²) in [4.78, 5) is 0. The van der Waals surface area contributed by atoms with Crippen LogP contribution in [0.25, 0.3) is 0 Å². The molecule has 0 atom stereocenters. The Labute approximate surface area is 380 Å². The van der Waals surface area contributed by atoms with E-state index in [2.05, 4.69) is 5.16 Å². The minimum Gasteiger partial charge on any atom is -0.494 e. The summed E-state index contributed by atoms with van der Waals surface area (Å²) < 4.78 is 467. The molecule has 0 radical (unpaired) electrons. The van der Waals surface area contributed by atoms with E-state index in [1.165, 1.54) is 0 Å². The lowest BCUT2D eigenvalue weighted by atomic mass is 9.88. The summed E-state index contributed by atoms with van der Waals surface area (Å²) in [6.07, 6.45) is -24.8. The van der Waals surface area contributed by atoms with Crippen molar-refractivity contribution in [3.63, 3.8) is 0 Å². The van der Waals surface area contributed by atoms with Gasteiger partial charge < -0.3 is 14.7 Å². The van der Waals surface area contributed by atoms with Gasteiger partial charge in [-0.2, -0.15) is 149 Å². The predicted octanol–water partition coefficient (Wildman–Crippen LogP) is 15.2. The first-order valence-electron chi connectivity index (χ1n) is 18.2. The highest BCUT2D eigenvalue weighted by atomic mass is 19.4. The van der Waals surface area contributed by atoms with E-state index in [0.717, 1.165) is 48.5 Å². The molecule has 2 aromatic carbocycles. The van der Waals surface area contributed by atoms with E-state index in [4.69, 9.17) is 9.47 Å². The van der Waals surface area contributed by atoms with Gasteiger partial charge in [0.2, 0.25) is 0 Å². The van der Waals surface area contributed by atoms with Gasteiger partial charge in [0.1, 0.15) is 17.2 Å². The van der Waals surface area contributed by atoms with Crippen molar-refractivity contribution in [2.24, 2.45) is 5.16 Å². The first-order chi connectivity index (χ1) is 32.1. The molecular formula is C35H21F34NO3. The molecule has 4 nitrogen and oxygen atoms in total. The fourth-order valence-electron chi connectivity index (χ4n) is 5.38. The van der Waals surface area contributed by atoms with Crippen molar-refractivity contribution in [1.82, 2.24) is 0 Å². The maximum absolute atomic E-state index is 14.2. The van der Waals surface area contributed by atoms with Gasteiger partial charge in [-0.25, -0.2) is 0 Å². The van der Waals surface area contributed by atoms with Crippen LogP contribution in [0.5, 0.6) is 11.5 Å². The summed E-state index contributed by atoms with van der Waals surface area (Å²) >= 11 is 0. The van der Waals surface area contributed by atoms with Gasteiger partial charge in [-0.15, -0.1) is 0 Å². The largest absolute Gasteiger partial charge is 0.494 e. The molecule has 0 amide bonds. The van der Waals surface area contributed by atoms with Gasteiger partial charge in [0.15, 0.2) is 0 Å². The number of nitrogens with zero attached hydrogens (tertiary/aromatic N) is 1. The minimum absolute atomic E-state index is 0.214. The van der Waals surface area contributed by atoms with Crippen LogP contribution in [0.1, 0.15) is 36.8 Å². The molecule has 0 aliphatic carbocycles. The van der Waals surface area contributed by atoms with Crippen molar-refractivity contribution < 1.29 is 164 Å². The number of ether oxygens (including phenoxy) is 2. The summed E-state index contributed by atoms with van der Waals surface area (Å²) in [7, 11) is 0. The summed E-state index contributed by atoms with van der Waals surface area (Å²) in [6.45, 7) is -2.69. The molecule has 0 bridgehead atoms. The highest BCUT2D eigenvalue weighted by Crippen LogP contribution is 2.66. The normalized spacial score (nSPS) is 15.4. The van der Waals surface area contributed by atoms with Crippen LogP contribution in [0.2, 0.25) is 0 Å². The number of halogens is 34. The van der Waals surface area contributed by atoms with Crippen LogP contribution in [0.3, 0.4) is 0 Å². The van der Waals surface area contributed by atoms with Crippen molar-refractivity contribution in [3.8, 4) is 11.5 Å². The zero-order valence-corrected chi connectivity index (χ0v) is 33.9. The Hall–Kier alpha value is -4.87. The monoisotopic (exact) mass is 1150 g/mol. The lowest BCUT2D eigenvalue weighted by molar-refractivity contribution is -0.461. The number of hydrogen-bond acceptors (Lipinski definition) is 4. The third-order valence-corrected chi connectivity index (χ3v) is 9.74. The Morgan fingerprint density at radius 3 is 0.726 bits per heavy atom. The molecule has 0 saturated heterocycles. The lowest BCUT2D eigenvalue weighted by Gasteiger charge is -2.42. The van der Waals surface area contributed by atoms with Gasteiger partial charge in [0, 0.05) is 24.0 Å². The van der Waals surface area contributed by atoms with Crippen LogP contribution < -0.4 is 9.47 Å². The first-order valence-corrected chi connectivity index (χ1v) is 18.2. The number of alkyl halides is 34. The van der Waals surface area contributed by atoms with Gasteiger partial charge in [-0.3, -0.25) is 0 Å². The maximum Gasteiger partial charge on any atom is 0.460 e. The van der Waals surface area contributed by atoms with Crippen molar-refractivity contribution in [2.45, 2.75) is 121 Å².